The molecule has 1 aromatic heterocycles. The second-order valence-electron chi connectivity index (χ2n) is 8.62. The first kappa shape index (κ1) is 27.3. The molecular weight excluding hydrogens is 488 g/mol. The van der Waals surface area contributed by atoms with Gasteiger partial charge < -0.3 is 24.0 Å². The van der Waals surface area contributed by atoms with E-state index in [1.54, 1.807) is 30.5 Å². The summed E-state index contributed by atoms with van der Waals surface area (Å²) in [7, 11) is 3.21. The number of amides is 2. The van der Waals surface area contributed by atoms with E-state index in [1.807, 2.05) is 23.1 Å². The zero-order valence-electron chi connectivity index (χ0n) is 20.8. The van der Waals surface area contributed by atoms with E-state index in [-0.39, 0.29) is 36.8 Å². The largest absolute Gasteiger partial charge is 0.493 e. The molecule has 0 N–H and O–H groups in total. The highest BCUT2D eigenvalue weighted by Gasteiger charge is 2.26. The monoisotopic (exact) mass is 522 g/mol. The predicted octanol–water partition coefficient (Wildman–Crippen LogP) is 4.28. The van der Waals surface area contributed by atoms with Crippen molar-refractivity contribution in [3.63, 3.8) is 0 Å². The van der Waals surface area contributed by atoms with Crippen molar-refractivity contribution in [1.29, 1.82) is 0 Å². The predicted molar refractivity (Wildman–Crippen MR) is 139 cm³/mol. The van der Waals surface area contributed by atoms with Gasteiger partial charge in [-0.15, -0.1) is 22.9 Å². The third-order valence-corrected chi connectivity index (χ3v) is 7.22. The lowest BCUT2D eigenvalue weighted by Gasteiger charge is -2.29. The van der Waals surface area contributed by atoms with Gasteiger partial charge in [0.15, 0.2) is 11.5 Å². The first-order valence-electron chi connectivity index (χ1n) is 11.9. The van der Waals surface area contributed by atoms with Crippen molar-refractivity contribution in [1.82, 2.24) is 9.80 Å². The van der Waals surface area contributed by atoms with Gasteiger partial charge in [0.2, 0.25) is 11.8 Å². The van der Waals surface area contributed by atoms with Crippen LogP contribution in [0.15, 0.2) is 30.3 Å². The maximum atomic E-state index is 13.5. The van der Waals surface area contributed by atoms with E-state index in [0.29, 0.717) is 44.2 Å². The zero-order valence-corrected chi connectivity index (χ0v) is 22.3. The van der Waals surface area contributed by atoms with Crippen molar-refractivity contribution in [3.05, 3.63) is 45.6 Å². The van der Waals surface area contributed by atoms with Crippen LogP contribution in [-0.4, -0.2) is 74.1 Å². The first-order valence-corrected chi connectivity index (χ1v) is 13.3. The number of aryl methyl sites for hydroxylation is 1. The molecule has 1 unspecified atom stereocenters. The number of carbonyl (C=O) groups is 2. The van der Waals surface area contributed by atoms with E-state index in [1.165, 1.54) is 4.88 Å². The lowest BCUT2D eigenvalue weighted by atomic mass is 10.1. The van der Waals surface area contributed by atoms with Gasteiger partial charge >= 0.3 is 0 Å². The quantitative estimate of drug-likeness (QED) is 0.367. The summed E-state index contributed by atoms with van der Waals surface area (Å²) >= 11 is 7.52. The summed E-state index contributed by atoms with van der Waals surface area (Å²) in [6.45, 7) is 4.21. The average molecular weight is 523 g/mol. The highest BCUT2D eigenvalue weighted by atomic mass is 35.5. The van der Waals surface area contributed by atoms with Crippen molar-refractivity contribution < 1.29 is 23.8 Å². The fraction of sp³-hybridized carbons (Fsp3) is 0.538. The Hall–Kier alpha value is -2.29. The van der Waals surface area contributed by atoms with Crippen LogP contribution in [0.25, 0.3) is 0 Å². The van der Waals surface area contributed by atoms with E-state index in [4.69, 9.17) is 25.8 Å². The number of benzene rings is 1. The van der Waals surface area contributed by atoms with Crippen LogP contribution in [0.5, 0.6) is 11.5 Å². The third-order valence-electron chi connectivity index (χ3n) is 6.05. The van der Waals surface area contributed by atoms with Crippen LogP contribution in [0, 0.1) is 6.92 Å². The number of carbonyl (C=O) groups excluding carboxylic acids is 2. The topological polar surface area (TPSA) is 68.3 Å². The number of rotatable bonds is 13. The molecule has 2 heterocycles. The standard InChI is InChI=1S/C26H35ClN2O5S/c1-19-6-8-22(35-19)17-28(13-11-20-7-9-23(32-2)24(15-20)33-3)26(31)18-29(25(30)10-12-27)16-21-5-4-14-34-21/h6-9,15,21H,4-5,10-14,16-18H2,1-3H3. The molecule has 0 spiro atoms. The molecule has 1 aromatic carbocycles. The summed E-state index contributed by atoms with van der Waals surface area (Å²) in [5, 5.41) is 0. The van der Waals surface area contributed by atoms with Crippen molar-refractivity contribution in [2.45, 2.75) is 45.3 Å². The molecular formula is C26H35ClN2O5S. The molecule has 2 amide bonds. The Morgan fingerprint density at radius 3 is 2.54 bits per heavy atom. The van der Waals surface area contributed by atoms with Crippen LogP contribution in [0.4, 0.5) is 0 Å². The molecule has 0 aliphatic carbocycles. The molecule has 35 heavy (non-hydrogen) atoms. The van der Waals surface area contributed by atoms with Crippen molar-refractivity contribution >= 4 is 34.8 Å². The third kappa shape index (κ3) is 8.12. The van der Waals surface area contributed by atoms with Crippen LogP contribution >= 0.6 is 22.9 Å². The first-order chi connectivity index (χ1) is 16.9. The number of nitrogens with zero attached hydrogens (tertiary/aromatic N) is 2. The molecule has 192 valence electrons. The average Bonchev–Trinajstić information content (AvgIpc) is 3.52. The van der Waals surface area contributed by atoms with Crippen LogP contribution in [0.3, 0.4) is 0 Å². The number of halogens is 1. The van der Waals surface area contributed by atoms with E-state index in [9.17, 15) is 9.59 Å². The van der Waals surface area contributed by atoms with Gasteiger partial charge in [0.05, 0.1) is 33.4 Å². The second kappa shape index (κ2) is 13.7. The molecule has 1 saturated heterocycles. The van der Waals surface area contributed by atoms with Gasteiger partial charge in [0, 0.05) is 41.8 Å². The minimum Gasteiger partial charge on any atom is -0.493 e. The van der Waals surface area contributed by atoms with Crippen LogP contribution in [0.1, 0.15) is 34.6 Å². The molecule has 7 nitrogen and oxygen atoms in total. The molecule has 2 aromatic rings. The number of alkyl halides is 1. The maximum absolute atomic E-state index is 13.5. The van der Waals surface area contributed by atoms with Crippen LogP contribution in [-0.2, 0) is 27.3 Å². The maximum Gasteiger partial charge on any atom is 0.242 e. The number of ether oxygens (including phenoxy) is 3. The van der Waals surface area contributed by atoms with Gasteiger partial charge in [-0.2, -0.15) is 0 Å². The summed E-state index contributed by atoms with van der Waals surface area (Å²) in [4.78, 5) is 32.0. The second-order valence-corrected chi connectivity index (χ2v) is 10.4. The minimum atomic E-state index is -0.115. The Bertz CT molecular complexity index is 976. The summed E-state index contributed by atoms with van der Waals surface area (Å²) in [6, 6.07) is 9.90. The Balaban J connectivity index is 1.73. The highest BCUT2D eigenvalue weighted by molar-refractivity contribution is 7.11. The van der Waals surface area contributed by atoms with Gasteiger partial charge in [-0.25, -0.2) is 0 Å². The van der Waals surface area contributed by atoms with Gasteiger partial charge in [-0.05, 0) is 56.0 Å². The lowest BCUT2D eigenvalue weighted by molar-refractivity contribution is -0.141. The highest BCUT2D eigenvalue weighted by Crippen LogP contribution is 2.28. The molecule has 1 fully saturated rings. The normalized spacial score (nSPS) is 15.1. The van der Waals surface area contributed by atoms with E-state index < -0.39 is 0 Å². The Kier molecular flexibility index (Phi) is 10.7. The van der Waals surface area contributed by atoms with E-state index in [2.05, 4.69) is 19.1 Å². The minimum absolute atomic E-state index is 0.0197. The summed E-state index contributed by atoms with van der Waals surface area (Å²) in [5.41, 5.74) is 1.04. The van der Waals surface area contributed by atoms with E-state index >= 15 is 0 Å². The van der Waals surface area contributed by atoms with E-state index in [0.717, 1.165) is 23.3 Å². The van der Waals surface area contributed by atoms with Crippen LogP contribution < -0.4 is 9.47 Å². The number of hydrogen-bond donors (Lipinski definition) is 0. The SMILES string of the molecule is COc1ccc(CCN(Cc2ccc(C)s2)C(=O)CN(CC2CCCO2)C(=O)CCCl)cc1OC. The van der Waals surface area contributed by atoms with Gasteiger partial charge in [-0.3, -0.25) is 9.59 Å². The molecule has 1 aliphatic heterocycles. The number of thiophene rings is 1. The molecule has 3 rings (SSSR count). The molecule has 9 heteroatoms. The molecule has 1 atom stereocenters. The van der Waals surface area contributed by atoms with Crippen molar-refractivity contribution in [2.24, 2.45) is 0 Å². The summed E-state index contributed by atoms with van der Waals surface area (Å²) in [5.74, 6) is 1.35. The lowest BCUT2D eigenvalue weighted by Crippen LogP contribution is -2.46. The Morgan fingerprint density at radius 1 is 1.11 bits per heavy atom. The molecule has 0 saturated carbocycles. The number of hydrogen-bond acceptors (Lipinski definition) is 6. The van der Waals surface area contributed by atoms with Crippen LogP contribution in [0.2, 0.25) is 0 Å². The fourth-order valence-electron chi connectivity index (χ4n) is 4.14. The number of methoxy groups -OCH3 is 2. The summed E-state index contributed by atoms with van der Waals surface area (Å²) in [6.07, 6.45) is 2.71. The molecule has 0 bridgehead atoms. The van der Waals surface area contributed by atoms with Gasteiger partial charge in [0.1, 0.15) is 0 Å². The van der Waals surface area contributed by atoms with Gasteiger partial charge in [-0.1, -0.05) is 6.07 Å². The Morgan fingerprint density at radius 2 is 1.91 bits per heavy atom. The summed E-state index contributed by atoms with van der Waals surface area (Å²) < 4.78 is 16.5. The fourth-order valence-corrected chi connectivity index (χ4v) is 5.21. The smallest absolute Gasteiger partial charge is 0.242 e. The van der Waals surface area contributed by atoms with Crippen molar-refractivity contribution in [2.75, 3.05) is 46.3 Å². The molecule has 1 aliphatic rings. The zero-order chi connectivity index (χ0) is 25.2. The van der Waals surface area contributed by atoms with Gasteiger partial charge in [0.25, 0.3) is 0 Å². The molecule has 0 radical (unpaired) electrons. The Labute approximate surface area is 216 Å². The van der Waals surface area contributed by atoms with Crippen molar-refractivity contribution in [3.8, 4) is 11.5 Å².